The second-order valence-electron chi connectivity index (χ2n) is 9.14. The molecule has 0 fully saturated rings. The van der Waals surface area contributed by atoms with E-state index in [0.29, 0.717) is 25.0 Å². The molecule has 0 aliphatic heterocycles. The Labute approximate surface area is 220 Å². The van der Waals surface area contributed by atoms with E-state index in [1.165, 1.54) is 16.7 Å². The number of benzene rings is 2. The molecule has 0 saturated heterocycles. The molecular weight excluding hydrogens is 460 g/mol. The van der Waals surface area contributed by atoms with Crippen molar-refractivity contribution in [3.63, 3.8) is 0 Å². The van der Waals surface area contributed by atoms with Crippen LogP contribution in [0.25, 0.3) is 5.57 Å². The zero-order valence-electron chi connectivity index (χ0n) is 21.9. The lowest BCUT2D eigenvalue weighted by Crippen LogP contribution is -2.27. The van der Waals surface area contributed by atoms with Gasteiger partial charge in [-0.25, -0.2) is 4.79 Å². The van der Waals surface area contributed by atoms with E-state index >= 15 is 0 Å². The van der Waals surface area contributed by atoms with Crippen LogP contribution in [0.1, 0.15) is 43.4 Å². The van der Waals surface area contributed by atoms with Gasteiger partial charge in [-0.3, -0.25) is 0 Å². The lowest BCUT2D eigenvalue weighted by atomic mass is 9.99. The van der Waals surface area contributed by atoms with Crippen molar-refractivity contribution < 1.29 is 19.4 Å². The lowest BCUT2D eigenvalue weighted by molar-refractivity contribution is -0.145. The summed E-state index contributed by atoms with van der Waals surface area (Å²) in [5, 5.41) is 9.73. The number of methoxy groups -OCH3 is 1. The van der Waals surface area contributed by atoms with E-state index in [1.54, 1.807) is 7.11 Å². The quantitative estimate of drug-likeness (QED) is 0.242. The summed E-state index contributed by atoms with van der Waals surface area (Å²) < 4.78 is 11.0. The summed E-state index contributed by atoms with van der Waals surface area (Å²) in [6, 6.07) is 15.9. The number of carboxylic acids is 1. The fraction of sp³-hybridized carbons (Fsp3) is 0.242. The summed E-state index contributed by atoms with van der Waals surface area (Å²) in [7, 11) is 1.64. The van der Waals surface area contributed by atoms with Gasteiger partial charge in [-0.2, -0.15) is 0 Å². The van der Waals surface area contributed by atoms with Crippen molar-refractivity contribution in [3.05, 3.63) is 131 Å². The molecule has 1 aliphatic rings. The average molecular weight is 497 g/mol. The zero-order chi connectivity index (χ0) is 26.6. The standard InChI is InChI=1S/C33H36O4/c1-5-26(11-10-25(3)36-4)23-28-14-20-31(21-15-28)37-32(33(34)35)22-16-27-12-18-30(19-13-27)29-8-6-7-24(2)9-17-29/h5-7,9-15,17-21,32H,1,8,16,22-23H2,2-4H3,(H,34,35)/b25-10+,26-11+. The van der Waals surface area contributed by atoms with E-state index in [-0.39, 0.29) is 0 Å². The van der Waals surface area contributed by atoms with Gasteiger partial charge in [-0.15, -0.1) is 0 Å². The summed E-state index contributed by atoms with van der Waals surface area (Å²) >= 11 is 0. The third-order valence-electron chi connectivity index (χ3n) is 6.29. The number of aliphatic carboxylic acids is 1. The molecule has 1 N–H and O–H groups in total. The first-order valence-corrected chi connectivity index (χ1v) is 12.5. The van der Waals surface area contributed by atoms with Gasteiger partial charge in [0.05, 0.1) is 12.9 Å². The minimum absolute atomic E-state index is 0.387. The number of allylic oxidation sites excluding steroid dienone is 11. The van der Waals surface area contributed by atoms with Gasteiger partial charge in [0.1, 0.15) is 5.75 Å². The van der Waals surface area contributed by atoms with Gasteiger partial charge in [-0.05, 0) is 85.6 Å². The Morgan fingerprint density at radius 1 is 1.05 bits per heavy atom. The minimum Gasteiger partial charge on any atom is -0.501 e. The Morgan fingerprint density at radius 2 is 1.76 bits per heavy atom. The van der Waals surface area contributed by atoms with Gasteiger partial charge in [0.25, 0.3) is 0 Å². The molecule has 2 aromatic carbocycles. The van der Waals surface area contributed by atoms with Crippen LogP contribution in [0.2, 0.25) is 0 Å². The second kappa shape index (κ2) is 13.9. The van der Waals surface area contributed by atoms with Crippen LogP contribution in [-0.4, -0.2) is 24.3 Å². The molecule has 1 aliphatic carbocycles. The van der Waals surface area contributed by atoms with Gasteiger partial charge in [-0.1, -0.05) is 85.0 Å². The molecule has 192 valence electrons. The van der Waals surface area contributed by atoms with Gasteiger partial charge in [0, 0.05) is 0 Å². The van der Waals surface area contributed by atoms with Crippen molar-refractivity contribution in [1.82, 2.24) is 0 Å². The molecule has 1 unspecified atom stereocenters. The number of carboxylic acid groups (broad SMARTS) is 1. The van der Waals surface area contributed by atoms with E-state index in [2.05, 4.69) is 62.1 Å². The first-order chi connectivity index (χ1) is 17.9. The number of rotatable bonds is 12. The Balaban J connectivity index is 1.58. The predicted molar refractivity (Wildman–Crippen MR) is 151 cm³/mol. The summed E-state index contributed by atoms with van der Waals surface area (Å²) in [5.41, 5.74) is 6.92. The molecule has 1 atom stereocenters. The van der Waals surface area contributed by atoms with Crippen LogP contribution in [0, 0.1) is 0 Å². The van der Waals surface area contributed by atoms with Crippen molar-refractivity contribution in [2.24, 2.45) is 0 Å². The summed E-state index contributed by atoms with van der Waals surface area (Å²) in [6.45, 7) is 7.87. The summed E-state index contributed by atoms with van der Waals surface area (Å²) in [6.07, 6.45) is 16.0. The third kappa shape index (κ3) is 8.84. The van der Waals surface area contributed by atoms with Crippen LogP contribution in [-0.2, 0) is 22.4 Å². The molecule has 0 heterocycles. The Morgan fingerprint density at radius 3 is 2.41 bits per heavy atom. The van der Waals surface area contributed by atoms with Crippen LogP contribution in [0.5, 0.6) is 5.75 Å². The highest BCUT2D eigenvalue weighted by Gasteiger charge is 2.19. The van der Waals surface area contributed by atoms with Crippen molar-refractivity contribution in [3.8, 4) is 5.75 Å². The van der Waals surface area contributed by atoms with Gasteiger partial charge in [0.2, 0.25) is 0 Å². The lowest BCUT2D eigenvalue weighted by Gasteiger charge is -2.16. The van der Waals surface area contributed by atoms with Crippen LogP contribution in [0.4, 0.5) is 0 Å². The maximum atomic E-state index is 11.9. The first-order valence-electron chi connectivity index (χ1n) is 12.5. The maximum absolute atomic E-state index is 11.9. The highest BCUT2D eigenvalue weighted by molar-refractivity contribution is 5.73. The Kier molecular flexibility index (Phi) is 10.3. The minimum atomic E-state index is -0.963. The third-order valence-corrected chi connectivity index (χ3v) is 6.29. The summed E-state index contributed by atoms with van der Waals surface area (Å²) in [5.74, 6) is 0.401. The average Bonchev–Trinajstić information content (AvgIpc) is 3.14. The molecule has 37 heavy (non-hydrogen) atoms. The molecule has 4 heteroatoms. The second-order valence-corrected chi connectivity index (χ2v) is 9.14. The molecule has 0 bridgehead atoms. The van der Waals surface area contributed by atoms with Gasteiger partial charge < -0.3 is 14.6 Å². The summed E-state index contributed by atoms with van der Waals surface area (Å²) in [4.78, 5) is 11.9. The fourth-order valence-electron chi connectivity index (χ4n) is 3.93. The molecule has 0 spiro atoms. The monoisotopic (exact) mass is 496 g/mol. The number of ether oxygens (including phenoxy) is 2. The van der Waals surface area contributed by atoms with Crippen LogP contribution in [0.15, 0.2) is 115 Å². The normalized spacial score (nSPS) is 14.8. The van der Waals surface area contributed by atoms with Crippen LogP contribution >= 0.6 is 0 Å². The zero-order valence-corrected chi connectivity index (χ0v) is 21.9. The van der Waals surface area contributed by atoms with E-state index < -0.39 is 12.1 Å². The smallest absolute Gasteiger partial charge is 0.344 e. The van der Waals surface area contributed by atoms with Crippen molar-refractivity contribution in [1.29, 1.82) is 0 Å². The SMILES string of the molecule is C=C/C(=C\C=C(/C)OC)Cc1ccc(OC(CCc2ccc(C3=CC=C(C)C=CC3)cc2)C(=O)O)cc1. The van der Waals surface area contributed by atoms with E-state index in [0.717, 1.165) is 28.9 Å². The molecule has 0 radical (unpaired) electrons. The van der Waals surface area contributed by atoms with Gasteiger partial charge >= 0.3 is 5.97 Å². The van der Waals surface area contributed by atoms with E-state index in [9.17, 15) is 9.90 Å². The maximum Gasteiger partial charge on any atom is 0.344 e. The number of hydrogen-bond donors (Lipinski definition) is 1. The molecule has 0 amide bonds. The number of aryl methyl sites for hydroxylation is 1. The predicted octanol–water partition coefficient (Wildman–Crippen LogP) is 7.65. The fourth-order valence-corrected chi connectivity index (χ4v) is 3.93. The number of carbonyl (C=O) groups is 1. The topological polar surface area (TPSA) is 55.8 Å². The Bertz CT molecular complexity index is 1220. The van der Waals surface area contributed by atoms with Crippen molar-refractivity contribution >= 4 is 11.5 Å². The van der Waals surface area contributed by atoms with Gasteiger partial charge in [0.15, 0.2) is 6.10 Å². The molecular formula is C33H36O4. The first kappa shape index (κ1) is 27.5. The molecule has 4 nitrogen and oxygen atoms in total. The molecule has 3 rings (SSSR count). The van der Waals surface area contributed by atoms with Crippen LogP contribution < -0.4 is 4.74 Å². The van der Waals surface area contributed by atoms with Crippen molar-refractivity contribution in [2.75, 3.05) is 7.11 Å². The van der Waals surface area contributed by atoms with Crippen LogP contribution in [0.3, 0.4) is 0 Å². The highest BCUT2D eigenvalue weighted by atomic mass is 16.5. The molecule has 0 aromatic heterocycles. The van der Waals surface area contributed by atoms with Crippen molar-refractivity contribution in [2.45, 2.75) is 45.6 Å². The van der Waals surface area contributed by atoms with E-state index in [1.807, 2.05) is 49.4 Å². The molecule has 2 aromatic rings. The Hall–Kier alpha value is -4.05. The molecule has 0 saturated carbocycles. The number of hydrogen-bond acceptors (Lipinski definition) is 3. The van der Waals surface area contributed by atoms with E-state index in [4.69, 9.17) is 9.47 Å². The largest absolute Gasteiger partial charge is 0.501 e. The highest BCUT2D eigenvalue weighted by Crippen LogP contribution is 2.23.